The van der Waals surface area contributed by atoms with Crippen molar-refractivity contribution in [1.29, 1.82) is 0 Å². The topological polar surface area (TPSA) is 12.0 Å². The van der Waals surface area contributed by atoms with Crippen LogP contribution in [0.3, 0.4) is 0 Å². The Morgan fingerprint density at radius 2 is 2.44 bits per heavy atom. The van der Waals surface area contributed by atoms with Crippen LogP contribution in [-0.4, -0.2) is 6.04 Å². The van der Waals surface area contributed by atoms with Gasteiger partial charge in [-0.15, -0.1) is 0 Å². The maximum Gasteiger partial charge on any atom is 0.0450 e. The Morgan fingerprint density at radius 1 is 1.56 bits per heavy atom. The number of nitrogens with one attached hydrogen (secondary N) is 1. The van der Waals surface area contributed by atoms with E-state index in [4.69, 9.17) is 0 Å². The molecule has 48 valence electrons. The zero-order chi connectivity index (χ0) is 6.10. The lowest BCUT2D eigenvalue weighted by atomic mass is 10.5. The van der Waals surface area contributed by atoms with E-state index in [9.17, 15) is 0 Å². The highest BCUT2D eigenvalue weighted by Gasteiger charge is 2.20. The van der Waals surface area contributed by atoms with Crippen LogP contribution in [0.4, 0.5) is 5.69 Å². The van der Waals surface area contributed by atoms with Gasteiger partial charge in [-0.25, -0.2) is 0 Å². The molecule has 1 aliphatic rings. The van der Waals surface area contributed by atoms with Gasteiger partial charge in [-0.3, -0.25) is 0 Å². The molecule has 1 fully saturated rings. The molecule has 1 aromatic heterocycles. The molecule has 0 unspecified atom stereocenters. The smallest absolute Gasteiger partial charge is 0.0450 e. The minimum atomic E-state index is 0.791. The molecule has 2 rings (SSSR count). The summed E-state index contributed by atoms with van der Waals surface area (Å²) >= 11 is 1.75. The van der Waals surface area contributed by atoms with Crippen molar-refractivity contribution < 1.29 is 0 Å². The van der Waals surface area contributed by atoms with Gasteiger partial charge in [0.1, 0.15) is 0 Å². The van der Waals surface area contributed by atoms with Crippen LogP contribution < -0.4 is 5.32 Å². The molecule has 0 aliphatic heterocycles. The predicted octanol–water partition coefficient (Wildman–Crippen LogP) is 2.32. The van der Waals surface area contributed by atoms with Crippen molar-refractivity contribution in [2.24, 2.45) is 0 Å². The minimum Gasteiger partial charge on any atom is -0.382 e. The predicted molar refractivity (Wildman–Crippen MR) is 41.0 cm³/mol. The SMILES string of the molecule is c1cc(NC2CC2)cs1. The number of hydrogen-bond donors (Lipinski definition) is 1. The van der Waals surface area contributed by atoms with Gasteiger partial charge in [-0.05, 0) is 24.3 Å². The molecule has 0 bridgehead atoms. The van der Waals surface area contributed by atoms with E-state index in [0.29, 0.717) is 0 Å². The third-order valence-corrected chi connectivity index (χ3v) is 2.15. The largest absolute Gasteiger partial charge is 0.382 e. The van der Waals surface area contributed by atoms with Gasteiger partial charge in [0, 0.05) is 17.1 Å². The molecule has 1 heterocycles. The second kappa shape index (κ2) is 2.03. The van der Waals surface area contributed by atoms with Crippen molar-refractivity contribution in [1.82, 2.24) is 0 Å². The van der Waals surface area contributed by atoms with Gasteiger partial charge in [-0.1, -0.05) is 0 Å². The van der Waals surface area contributed by atoms with Crippen molar-refractivity contribution in [2.75, 3.05) is 5.32 Å². The molecule has 0 saturated heterocycles. The molecule has 9 heavy (non-hydrogen) atoms. The van der Waals surface area contributed by atoms with E-state index in [1.165, 1.54) is 18.5 Å². The highest BCUT2D eigenvalue weighted by atomic mass is 32.1. The van der Waals surface area contributed by atoms with Gasteiger partial charge in [-0.2, -0.15) is 11.3 Å². The molecule has 0 atom stereocenters. The first-order valence-corrected chi connectivity index (χ1v) is 4.18. The summed E-state index contributed by atoms with van der Waals surface area (Å²) in [6.07, 6.45) is 2.71. The third-order valence-electron chi connectivity index (χ3n) is 1.47. The van der Waals surface area contributed by atoms with Gasteiger partial charge in [0.05, 0.1) is 0 Å². The molecule has 1 N–H and O–H groups in total. The third kappa shape index (κ3) is 1.24. The quantitative estimate of drug-likeness (QED) is 0.663. The fraction of sp³-hybridized carbons (Fsp3) is 0.429. The van der Waals surface area contributed by atoms with Crippen LogP contribution in [0.25, 0.3) is 0 Å². The Kier molecular flexibility index (Phi) is 1.19. The van der Waals surface area contributed by atoms with Gasteiger partial charge in [0.2, 0.25) is 0 Å². The highest BCUT2D eigenvalue weighted by Crippen LogP contribution is 2.25. The molecule has 0 radical (unpaired) electrons. The summed E-state index contributed by atoms with van der Waals surface area (Å²) in [4.78, 5) is 0. The van der Waals surface area contributed by atoms with Crippen LogP contribution in [0, 0.1) is 0 Å². The normalized spacial score (nSPS) is 17.8. The van der Waals surface area contributed by atoms with Crippen molar-refractivity contribution in [3.05, 3.63) is 16.8 Å². The van der Waals surface area contributed by atoms with Crippen LogP contribution in [0.15, 0.2) is 16.8 Å². The van der Waals surface area contributed by atoms with Crippen molar-refractivity contribution in [3.8, 4) is 0 Å². The summed E-state index contributed by atoms with van der Waals surface area (Å²) in [6, 6.07) is 2.92. The zero-order valence-electron chi connectivity index (χ0n) is 5.13. The van der Waals surface area contributed by atoms with Gasteiger partial charge < -0.3 is 5.32 Å². The molecule has 1 aromatic rings. The van der Waals surface area contributed by atoms with Crippen LogP contribution in [0.5, 0.6) is 0 Å². The number of hydrogen-bond acceptors (Lipinski definition) is 2. The van der Waals surface area contributed by atoms with E-state index in [0.717, 1.165) is 6.04 Å². The molecular weight excluding hydrogens is 130 g/mol. The summed E-state index contributed by atoms with van der Waals surface area (Å²) in [5.74, 6) is 0. The fourth-order valence-electron chi connectivity index (χ4n) is 0.810. The first-order chi connectivity index (χ1) is 4.45. The molecule has 1 saturated carbocycles. The highest BCUT2D eigenvalue weighted by molar-refractivity contribution is 7.08. The van der Waals surface area contributed by atoms with E-state index in [2.05, 4.69) is 22.1 Å². The molecule has 1 nitrogen and oxygen atoms in total. The summed E-state index contributed by atoms with van der Waals surface area (Å²) in [6.45, 7) is 0. The Balaban J connectivity index is 1.99. The lowest BCUT2D eigenvalue weighted by Crippen LogP contribution is -1.98. The molecule has 0 spiro atoms. The van der Waals surface area contributed by atoms with Crippen molar-refractivity contribution in [3.63, 3.8) is 0 Å². The number of thiophene rings is 1. The van der Waals surface area contributed by atoms with Crippen LogP contribution in [0.2, 0.25) is 0 Å². The second-order valence-corrected chi connectivity index (χ2v) is 3.21. The summed E-state index contributed by atoms with van der Waals surface area (Å²) in [7, 11) is 0. The van der Waals surface area contributed by atoms with Crippen molar-refractivity contribution in [2.45, 2.75) is 18.9 Å². The lowest BCUT2D eigenvalue weighted by Gasteiger charge is -1.96. The van der Waals surface area contributed by atoms with E-state index in [-0.39, 0.29) is 0 Å². The minimum absolute atomic E-state index is 0.791. The first-order valence-electron chi connectivity index (χ1n) is 3.24. The number of rotatable bonds is 2. The molecule has 0 amide bonds. The lowest BCUT2D eigenvalue weighted by molar-refractivity contribution is 1.16. The molecule has 0 aromatic carbocycles. The maximum absolute atomic E-state index is 3.41. The van der Waals surface area contributed by atoms with E-state index >= 15 is 0 Å². The standard InChI is InChI=1S/C7H9NS/c1-2-6(1)8-7-3-4-9-5-7/h3-6,8H,1-2H2. The van der Waals surface area contributed by atoms with Crippen LogP contribution in [-0.2, 0) is 0 Å². The van der Waals surface area contributed by atoms with Gasteiger partial charge >= 0.3 is 0 Å². The Bertz CT molecular complexity index is 177. The average molecular weight is 139 g/mol. The maximum atomic E-state index is 3.41. The van der Waals surface area contributed by atoms with Gasteiger partial charge in [0.15, 0.2) is 0 Å². The first kappa shape index (κ1) is 5.30. The van der Waals surface area contributed by atoms with Crippen LogP contribution in [0.1, 0.15) is 12.8 Å². The molecule has 2 heteroatoms. The second-order valence-electron chi connectivity index (χ2n) is 2.43. The van der Waals surface area contributed by atoms with E-state index in [1.807, 2.05) is 0 Å². The summed E-state index contributed by atoms with van der Waals surface area (Å²) < 4.78 is 0. The van der Waals surface area contributed by atoms with E-state index in [1.54, 1.807) is 11.3 Å². The average Bonchev–Trinajstić information content (AvgIpc) is 2.46. The Hall–Kier alpha value is -0.500. The fourth-order valence-corrected chi connectivity index (χ4v) is 1.41. The number of anilines is 1. The molecular formula is C7H9NS. The Labute approximate surface area is 58.7 Å². The summed E-state index contributed by atoms with van der Waals surface area (Å²) in [5, 5.41) is 7.66. The monoisotopic (exact) mass is 139 g/mol. The van der Waals surface area contributed by atoms with Gasteiger partial charge in [0.25, 0.3) is 0 Å². The summed E-state index contributed by atoms with van der Waals surface area (Å²) in [5.41, 5.74) is 1.29. The molecule has 1 aliphatic carbocycles. The zero-order valence-corrected chi connectivity index (χ0v) is 5.95. The van der Waals surface area contributed by atoms with Crippen LogP contribution >= 0.6 is 11.3 Å². The van der Waals surface area contributed by atoms with E-state index < -0.39 is 0 Å². The van der Waals surface area contributed by atoms with Crippen molar-refractivity contribution >= 4 is 17.0 Å². The Morgan fingerprint density at radius 3 is 3.00 bits per heavy atom.